The summed E-state index contributed by atoms with van der Waals surface area (Å²) >= 11 is 0. The fourth-order valence-electron chi connectivity index (χ4n) is 0.412. The molecule has 2 N–H and O–H groups in total. The summed E-state index contributed by atoms with van der Waals surface area (Å²) in [6.07, 6.45) is 1.62. The van der Waals surface area contributed by atoms with E-state index in [1.807, 2.05) is 6.55 Å². The highest BCUT2D eigenvalue weighted by molar-refractivity contribution is 6.64. The van der Waals surface area contributed by atoms with Gasteiger partial charge in [0.15, 0.2) is 8.96 Å². The van der Waals surface area contributed by atoms with Crippen molar-refractivity contribution < 1.29 is 9.53 Å². The van der Waals surface area contributed by atoms with Gasteiger partial charge in [-0.3, -0.25) is 0 Å². The molecule has 0 aromatic heterocycles. The van der Waals surface area contributed by atoms with Crippen molar-refractivity contribution in [1.29, 1.82) is 0 Å². The molecule has 6 radical (unpaired) electrons. The van der Waals surface area contributed by atoms with Gasteiger partial charge < -0.3 is 14.0 Å². The van der Waals surface area contributed by atoms with Gasteiger partial charge in [0.05, 0.1) is 6.23 Å². The summed E-state index contributed by atoms with van der Waals surface area (Å²) in [5, 5.41) is 0. The first kappa shape index (κ1) is 11.8. The van der Waals surface area contributed by atoms with E-state index in [0.717, 1.165) is 0 Å². The maximum absolute atomic E-state index is 10.6. The Morgan fingerprint density at radius 2 is 2.58 bits per heavy atom. The first-order valence-electron chi connectivity index (χ1n) is 3.25. The van der Waals surface area contributed by atoms with Crippen LogP contribution in [0.15, 0.2) is 12.7 Å². The van der Waals surface area contributed by atoms with E-state index in [1.54, 1.807) is 0 Å². The minimum Gasteiger partial charge on any atom is -0.465 e. The van der Waals surface area contributed by atoms with Gasteiger partial charge in [-0.2, -0.15) is 0 Å². The average molecular weight is 214 g/mol. The van der Waals surface area contributed by atoms with Crippen molar-refractivity contribution >= 4 is 35.2 Å². The Kier molecular flexibility index (Phi) is 7.30. The summed E-state index contributed by atoms with van der Waals surface area (Å²) in [6.45, 7) is 5.32. The predicted molar refractivity (Wildman–Crippen MR) is 50.6 cm³/mol. The highest BCUT2D eigenvalue weighted by atomic mass is 28.3. The van der Waals surface area contributed by atoms with E-state index in [1.165, 1.54) is 6.08 Å². The van der Waals surface area contributed by atoms with E-state index < -0.39 is 8.96 Å². The second-order valence-electron chi connectivity index (χ2n) is 1.97. The Balaban J connectivity index is 3.36. The quantitative estimate of drug-likeness (QED) is 0.327. The van der Waals surface area contributed by atoms with Crippen LogP contribution >= 0.6 is 0 Å². The molecular weight excluding hydrogens is 204 g/mol. The van der Waals surface area contributed by atoms with Crippen LogP contribution in [0.3, 0.4) is 0 Å². The first-order valence-corrected chi connectivity index (χ1v) is 6.95. The number of hydrogen-bond donors (Lipinski definition) is 2. The van der Waals surface area contributed by atoms with Gasteiger partial charge in [0.2, 0.25) is 9.84 Å². The fraction of sp³-hybridized carbons (Fsp3) is 0.400. The van der Waals surface area contributed by atoms with E-state index in [0.29, 0.717) is 16.1 Å². The summed E-state index contributed by atoms with van der Waals surface area (Å²) in [5.74, 6) is -0.365. The van der Waals surface area contributed by atoms with E-state index in [2.05, 4.69) is 26.3 Å². The van der Waals surface area contributed by atoms with Gasteiger partial charge in [-0.1, -0.05) is 13.1 Å². The summed E-state index contributed by atoms with van der Waals surface area (Å²) in [6, 6.07) is 0. The van der Waals surface area contributed by atoms with Crippen molar-refractivity contribution in [3.05, 3.63) is 12.7 Å². The summed E-state index contributed by atoms with van der Waals surface area (Å²) in [7, 11) is 2.77. The lowest BCUT2D eigenvalue weighted by molar-refractivity contribution is -0.135. The van der Waals surface area contributed by atoms with Crippen molar-refractivity contribution in [2.24, 2.45) is 0 Å². The largest absolute Gasteiger partial charge is 0.465 e. The van der Waals surface area contributed by atoms with Crippen LogP contribution in [0.5, 0.6) is 0 Å². The van der Waals surface area contributed by atoms with E-state index in [-0.39, 0.29) is 5.97 Å². The standard InChI is InChI=1S/C5H10N2O2Si3/c1-3-5(8)9-4-12(2)7-11-6-10/h3,6-7H,1,4H2,2H3. The third-order valence-corrected chi connectivity index (χ3v) is 4.22. The smallest absolute Gasteiger partial charge is 0.329 e. The van der Waals surface area contributed by atoms with E-state index >= 15 is 0 Å². The maximum Gasteiger partial charge on any atom is 0.329 e. The molecule has 0 spiro atoms. The zero-order chi connectivity index (χ0) is 9.40. The molecule has 64 valence electrons. The number of carbonyl (C=O) groups is 1. The van der Waals surface area contributed by atoms with Crippen molar-refractivity contribution in [2.45, 2.75) is 6.55 Å². The lowest BCUT2D eigenvalue weighted by atomic mass is 10.7. The highest BCUT2D eigenvalue weighted by Crippen LogP contribution is 1.81. The van der Waals surface area contributed by atoms with Crippen LogP contribution < -0.4 is 9.30 Å². The molecule has 0 bridgehead atoms. The van der Waals surface area contributed by atoms with Gasteiger partial charge in [-0.15, -0.1) is 0 Å². The van der Waals surface area contributed by atoms with Gasteiger partial charge >= 0.3 is 5.97 Å². The fourth-order valence-corrected chi connectivity index (χ4v) is 2.73. The molecule has 0 heterocycles. The van der Waals surface area contributed by atoms with Gasteiger partial charge in [0, 0.05) is 6.08 Å². The summed E-state index contributed by atoms with van der Waals surface area (Å²) in [4.78, 5) is 10.6. The van der Waals surface area contributed by atoms with Gasteiger partial charge in [0.25, 0.3) is 0 Å². The molecule has 7 heteroatoms. The number of hydrogen-bond acceptors (Lipinski definition) is 4. The maximum atomic E-state index is 10.6. The lowest BCUT2D eigenvalue weighted by Gasteiger charge is -2.09. The van der Waals surface area contributed by atoms with Crippen molar-refractivity contribution in [1.82, 2.24) is 9.30 Å². The molecule has 0 atom stereocenters. The zero-order valence-electron chi connectivity index (χ0n) is 6.81. The summed E-state index contributed by atoms with van der Waals surface area (Å²) in [5.41, 5.74) is 0. The molecule has 0 saturated heterocycles. The number of rotatable bonds is 6. The summed E-state index contributed by atoms with van der Waals surface area (Å²) < 4.78 is 10.8. The average Bonchev–Trinajstić information content (AvgIpc) is 2.10. The van der Waals surface area contributed by atoms with Crippen LogP contribution in [0.4, 0.5) is 0 Å². The molecule has 0 unspecified atom stereocenters. The molecule has 0 aliphatic heterocycles. The molecular formula is C5H10N2O2Si3. The Hall–Kier alpha value is -0.219. The molecule has 0 aliphatic rings. The Labute approximate surface area is 79.9 Å². The lowest BCUT2D eigenvalue weighted by Crippen LogP contribution is -2.44. The Morgan fingerprint density at radius 1 is 1.92 bits per heavy atom. The molecule has 0 amide bonds. The zero-order valence-corrected chi connectivity index (χ0v) is 9.81. The molecule has 0 saturated carbocycles. The van der Waals surface area contributed by atoms with Crippen LogP contribution in [0.1, 0.15) is 0 Å². The molecule has 0 aromatic carbocycles. The van der Waals surface area contributed by atoms with Crippen LogP contribution in [0.25, 0.3) is 0 Å². The monoisotopic (exact) mass is 214 g/mol. The number of ether oxygens (including phenoxy) is 1. The second-order valence-corrected chi connectivity index (χ2v) is 6.07. The van der Waals surface area contributed by atoms with Crippen LogP contribution in [0, 0.1) is 0 Å². The van der Waals surface area contributed by atoms with E-state index in [9.17, 15) is 4.79 Å². The normalized spacial score (nSPS) is 9.92. The molecule has 4 nitrogen and oxygen atoms in total. The van der Waals surface area contributed by atoms with Crippen LogP contribution in [0.2, 0.25) is 6.55 Å². The topological polar surface area (TPSA) is 50.4 Å². The minimum atomic E-state index is -0.779. The van der Waals surface area contributed by atoms with Crippen LogP contribution in [-0.4, -0.2) is 41.4 Å². The molecule has 0 aromatic rings. The van der Waals surface area contributed by atoms with Gasteiger partial charge in [-0.25, -0.2) is 4.79 Å². The number of carbonyl (C=O) groups excluding carboxylic acids is 1. The van der Waals surface area contributed by atoms with Crippen molar-refractivity contribution in [3.8, 4) is 0 Å². The van der Waals surface area contributed by atoms with Crippen molar-refractivity contribution in [3.63, 3.8) is 0 Å². The first-order chi connectivity index (χ1) is 5.70. The number of esters is 1. The number of nitrogens with one attached hydrogen (secondary N) is 2. The molecule has 0 fully saturated rings. The third-order valence-electron chi connectivity index (χ3n) is 0.936. The van der Waals surface area contributed by atoms with Gasteiger partial charge in [0.1, 0.15) is 10.4 Å². The van der Waals surface area contributed by atoms with E-state index in [4.69, 9.17) is 4.74 Å². The van der Waals surface area contributed by atoms with Crippen molar-refractivity contribution in [2.75, 3.05) is 6.23 Å². The Morgan fingerprint density at radius 3 is 3.08 bits per heavy atom. The molecule has 0 aliphatic carbocycles. The van der Waals surface area contributed by atoms with Gasteiger partial charge in [-0.05, 0) is 0 Å². The third kappa shape index (κ3) is 6.49. The SMILES string of the molecule is C=CC(=O)OC[Si](C)N[Si]N[Si]. The molecule has 0 rings (SSSR count). The predicted octanol–water partition coefficient (Wildman–Crippen LogP) is -1.33. The Bertz CT molecular complexity index is 156. The van der Waals surface area contributed by atoms with Crippen LogP contribution in [-0.2, 0) is 9.53 Å². The second kappa shape index (κ2) is 7.43. The molecule has 12 heavy (non-hydrogen) atoms. The highest BCUT2D eigenvalue weighted by Gasteiger charge is 2.06. The minimum absolute atomic E-state index is 0.365.